The number of hydrogen-bond acceptors (Lipinski definition) is 5. The summed E-state index contributed by atoms with van der Waals surface area (Å²) < 4.78 is 0.851. The van der Waals surface area contributed by atoms with Crippen LogP contribution in [-0.4, -0.2) is 23.0 Å². The van der Waals surface area contributed by atoms with Crippen LogP contribution in [0.2, 0.25) is 0 Å². The molecule has 3 unspecified atom stereocenters. The summed E-state index contributed by atoms with van der Waals surface area (Å²) in [4.78, 5) is 33.9. The van der Waals surface area contributed by atoms with Crippen molar-refractivity contribution >= 4 is 39.1 Å². The molecule has 2 fully saturated rings. The number of phenolic OH excluding ortho intramolecular Hbond substituents is 1. The van der Waals surface area contributed by atoms with E-state index in [0.717, 1.165) is 4.47 Å². The Labute approximate surface area is 181 Å². The smallest absolute Gasteiger partial charge is 0.266 e. The number of carbonyl (C=O) groups is 2. The first kappa shape index (κ1) is 18.8. The molecular formula is C23H17BrN2O4. The highest BCUT2D eigenvalue weighted by molar-refractivity contribution is 9.10. The molecule has 1 N–H and O–H groups in total. The highest BCUT2D eigenvalue weighted by Crippen LogP contribution is 2.49. The fourth-order valence-electron chi connectivity index (χ4n) is 4.11. The van der Waals surface area contributed by atoms with Gasteiger partial charge in [0.05, 0.1) is 17.4 Å². The maximum Gasteiger partial charge on any atom is 0.266 e. The van der Waals surface area contributed by atoms with Gasteiger partial charge in [0.1, 0.15) is 11.7 Å². The summed E-state index contributed by atoms with van der Waals surface area (Å²) in [7, 11) is 0. The van der Waals surface area contributed by atoms with Crippen molar-refractivity contribution in [3.63, 3.8) is 0 Å². The Morgan fingerprint density at radius 1 is 0.800 bits per heavy atom. The average Bonchev–Trinajstić information content (AvgIpc) is 3.26. The second-order valence-electron chi connectivity index (χ2n) is 7.21. The van der Waals surface area contributed by atoms with Gasteiger partial charge in [0.2, 0.25) is 5.91 Å². The molecule has 3 aromatic carbocycles. The molecule has 2 saturated heterocycles. The maximum absolute atomic E-state index is 13.5. The third-order valence-corrected chi connectivity index (χ3v) is 5.99. The van der Waals surface area contributed by atoms with E-state index < -0.39 is 24.0 Å². The quantitative estimate of drug-likeness (QED) is 0.588. The van der Waals surface area contributed by atoms with Crippen LogP contribution in [0.15, 0.2) is 83.3 Å². The Morgan fingerprint density at radius 3 is 2.17 bits per heavy atom. The zero-order valence-corrected chi connectivity index (χ0v) is 17.3. The third kappa shape index (κ3) is 2.89. The lowest BCUT2D eigenvalue weighted by Gasteiger charge is -2.29. The lowest BCUT2D eigenvalue weighted by atomic mass is 9.90. The number of hydroxylamine groups is 1. The summed E-state index contributed by atoms with van der Waals surface area (Å²) in [6.45, 7) is 0. The molecule has 3 aromatic rings. The molecule has 2 amide bonds. The lowest BCUT2D eigenvalue weighted by molar-refractivity contribution is -0.126. The Balaban J connectivity index is 1.60. The molecule has 0 bridgehead atoms. The van der Waals surface area contributed by atoms with Gasteiger partial charge >= 0.3 is 0 Å². The predicted octanol–water partition coefficient (Wildman–Crippen LogP) is 4.21. The van der Waals surface area contributed by atoms with Crippen molar-refractivity contribution in [3.8, 4) is 5.75 Å². The van der Waals surface area contributed by atoms with Crippen molar-refractivity contribution in [1.82, 2.24) is 0 Å². The summed E-state index contributed by atoms with van der Waals surface area (Å²) in [5, 5.41) is 12.1. The average molecular weight is 465 g/mol. The number of halogens is 1. The molecule has 3 atom stereocenters. The summed E-state index contributed by atoms with van der Waals surface area (Å²) >= 11 is 3.37. The van der Waals surface area contributed by atoms with Crippen LogP contribution in [0.5, 0.6) is 5.75 Å². The van der Waals surface area contributed by atoms with E-state index >= 15 is 0 Å². The third-order valence-electron chi connectivity index (χ3n) is 5.47. The predicted molar refractivity (Wildman–Crippen MR) is 115 cm³/mol. The van der Waals surface area contributed by atoms with Crippen molar-refractivity contribution < 1.29 is 19.5 Å². The fourth-order valence-corrected chi connectivity index (χ4v) is 4.38. The molecule has 0 aromatic heterocycles. The van der Waals surface area contributed by atoms with E-state index in [2.05, 4.69) is 15.9 Å². The summed E-state index contributed by atoms with van der Waals surface area (Å²) in [6, 6.07) is 22.4. The van der Waals surface area contributed by atoms with Crippen LogP contribution < -0.4 is 9.96 Å². The molecule has 150 valence electrons. The fraction of sp³-hybridized carbons (Fsp3) is 0.130. The zero-order valence-electron chi connectivity index (χ0n) is 15.7. The van der Waals surface area contributed by atoms with Crippen molar-refractivity contribution in [3.05, 3.63) is 88.9 Å². The molecule has 7 heteroatoms. The first-order chi connectivity index (χ1) is 14.6. The monoisotopic (exact) mass is 464 g/mol. The standard InChI is InChI=1S/C23H17BrN2O4/c24-14-10-12-15(13-11-14)25-22(28)19-20(17-8-4-5-9-18(17)27)26(30-21(19)23(25)29)16-6-2-1-3-7-16/h1-13,19-21,27H. The second-order valence-corrected chi connectivity index (χ2v) is 8.12. The van der Waals surface area contributed by atoms with Crippen LogP contribution in [0.3, 0.4) is 0 Å². The molecule has 6 nitrogen and oxygen atoms in total. The first-order valence-electron chi connectivity index (χ1n) is 9.48. The van der Waals surface area contributed by atoms with E-state index in [1.54, 1.807) is 53.6 Å². The number of phenols is 1. The summed E-state index contributed by atoms with van der Waals surface area (Å²) in [6.07, 6.45) is -0.967. The molecule has 0 saturated carbocycles. The van der Waals surface area contributed by atoms with Gasteiger partial charge in [0.15, 0.2) is 6.10 Å². The number of amides is 2. The highest BCUT2D eigenvalue weighted by Gasteiger charge is 2.60. The number of para-hydroxylation sites is 2. The number of imide groups is 1. The molecule has 0 aliphatic carbocycles. The van der Waals surface area contributed by atoms with Crippen LogP contribution >= 0.6 is 15.9 Å². The van der Waals surface area contributed by atoms with Gasteiger partial charge in [-0.3, -0.25) is 14.4 Å². The van der Waals surface area contributed by atoms with Crippen LogP contribution in [0.25, 0.3) is 0 Å². The Morgan fingerprint density at radius 2 is 1.47 bits per heavy atom. The zero-order chi connectivity index (χ0) is 20.8. The van der Waals surface area contributed by atoms with Crippen molar-refractivity contribution in [2.45, 2.75) is 12.1 Å². The normalized spacial score (nSPS) is 23.2. The molecule has 5 rings (SSSR count). The summed E-state index contributed by atoms with van der Waals surface area (Å²) in [5.41, 5.74) is 1.73. The van der Waals surface area contributed by atoms with Gasteiger partial charge in [-0.2, -0.15) is 0 Å². The number of aromatic hydroxyl groups is 1. The molecule has 0 spiro atoms. The van der Waals surface area contributed by atoms with Gasteiger partial charge in [0.25, 0.3) is 5.91 Å². The van der Waals surface area contributed by atoms with E-state index in [1.807, 2.05) is 30.3 Å². The van der Waals surface area contributed by atoms with Crippen molar-refractivity contribution in [1.29, 1.82) is 0 Å². The van der Waals surface area contributed by atoms with Gasteiger partial charge in [-0.15, -0.1) is 0 Å². The second kappa shape index (κ2) is 7.27. The number of carbonyl (C=O) groups excluding carboxylic acids is 2. The van der Waals surface area contributed by atoms with E-state index in [9.17, 15) is 14.7 Å². The van der Waals surface area contributed by atoms with Gasteiger partial charge in [-0.25, -0.2) is 9.96 Å². The Hall–Kier alpha value is -3.16. The number of hydrogen-bond donors (Lipinski definition) is 1. The van der Waals surface area contributed by atoms with Crippen molar-refractivity contribution in [2.75, 3.05) is 9.96 Å². The molecule has 2 aliphatic heterocycles. The maximum atomic E-state index is 13.5. The number of benzene rings is 3. The van der Waals surface area contributed by atoms with Gasteiger partial charge < -0.3 is 5.11 Å². The minimum atomic E-state index is -0.967. The molecule has 2 aliphatic rings. The van der Waals surface area contributed by atoms with Gasteiger partial charge in [-0.05, 0) is 42.5 Å². The van der Waals surface area contributed by atoms with Gasteiger partial charge in [-0.1, -0.05) is 52.3 Å². The highest BCUT2D eigenvalue weighted by atomic mass is 79.9. The van der Waals surface area contributed by atoms with Crippen LogP contribution in [0.4, 0.5) is 11.4 Å². The SMILES string of the molecule is O=C1C2ON(c3ccccc3)C(c3ccccc3O)C2C(=O)N1c1ccc(Br)cc1. The van der Waals surface area contributed by atoms with Crippen LogP contribution in [0.1, 0.15) is 11.6 Å². The van der Waals surface area contributed by atoms with E-state index in [0.29, 0.717) is 16.9 Å². The van der Waals surface area contributed by atoms with Gasteiger partial charge in [0, 0.05) is 10.0 Å². The number of nitrogens with zero attached hydrogens (tertiary/aromatic N) is 2. The van der Waals surface area contributed by atoms with E-state index in [1.165, 1.54) is 4.90 Å². The van der Waals surface area contributed by atoms with E-state index in [4.69, 9.17) is 4.84 Å². The number of fused-ring (bicyclic) bond motifs is 1. The molecule has 30 heavy (non-hydrogen) atoms. The minimum Gasteiger partial charge on any atom is -0.508 e. The molecular weight excluding hydrogens is 448 g/mol. The topological polar surface area (TPSA) is 70.1 Å². The lowest BCUT2D eigenvalue weighted by Crippen LogP contribution is -2.37. The summed E-state index contributed by atoms with van der Waals surface area (Å²) in [5.74, 6) is -1.49. The number of rotatable bonds is 3. The van der Waals surface area contributed by atoms with E-state index in [-0.39, 0.29) is 11.7 Å². The minimum absolute atomic E-state index is 0.0509. The molecule has 2 heterocycles. The van der Waals surface area contributed by atoms with Crippen LogP contribution in [0, 0.1) is 5.92 Å². The Kier molecular flexibility index (Phi) is 4.56. The Bertz CT molecular complexity index is 1120. The van der Waals surface area contributed by atoms with Crippen molar-refractivity contribution in [2.24, 2.45) is 5.92 Å². The first-order valence-corrected chi connectivity index (χ1v) is 10.3. The molecule has 0 radical (unpaired) electrons. The number of anilines is 2. The largest absolute Gasteiger partial charge is 0.508 e. The van der Waals surface area contributed by atoms with Crippen LogP contribution in [-0.2, 0) is 14.4 Å².